The topological polar surface area (TPSA) is 51.0 Å². The van der Waals surface area contributed by atoms with Gasteiger partial charge in [-0.1, -0.05) is 17.3 Å². The molecule has 0 aliphatic heterocycles. The molecule has 0 heterocycles. The number of hydrogen-bond acceptors (Lipinski definition) is 4. The van der Waals surface area contributed by atoms with Crippen molar-refractivity contribution in [1.82, 2.24) is 0 Å². The highest BCUT2D eigenvalue weighted by molar-refractivity contribution is 6.01. The summed E-state index contributed by atoms with van der Waals surface area (Å²) >= 11 is 0. The van der Waals surface area contributed by atoms with E-state index in [0.717, 1.165) is 11.1 Å². The van der Waals surface area contributed by atoms with Crippen molar-refractivity contribution in [2.24, 2.45) is 5.16 Å². The minimum atomic E-state index is -0.309. The standard InChI is InChI=1S/C16H16FNO3/c1-20-18-16(13-4-6-14(17)7-5-13)11-21-15-8-2-12(10-19)3-9-15/h2-9,19H,10-11H2,1H3. The zero-order valence-corrected chi connectivity index (χ0v) is 11.6. The van der Waals surface area contributed by atoms with Crippen LogP contribution in [0.4, 0.5) is 4.39 Å². The fraction of sp³-hybridized carbons (Fsp3) is 0.188. The van der Waals surface area contributed by atoms with E-state index in [1.54, 1.807) is 36.4 Å². The van der Waals surface area contributed by atoms with Crippen LogP contribution in [-0.2, 0) is 11.4 Å². The van der Waals surface area contributed by atoms with Gasteiger partial charge in [-0.25, -0.2) is 4.39 Å². The molecule has 0 saturated heterocycles. The molecule has 110 valence electrons. The molecular formula is C16H16FNO3. The quantitative estimate of drug-likeness (QED) is 0.657. The Bertz CT molecular complexity index is 594. The summed E-state index contributed by atoms with van der Waals surface area (Å²) in [6.07, 6.45) is 0. The van der Waals surface area contributed by atoms with Gasteiger partial charge in [0.15, 0.2) is 0 Å². The summed E-state index contributed by atoms with van der Waals surface area (Å²) in [5.74, 6) is 0.342. The molecule has 0 bridgehead atoms. The van der Waals surface area contributed by atoms with Crippen molar-refractivity contribution in [3.63, 3.8) is 0 Å². The fourth-order valence-corrected chi connectivity index (χ4v) is 1.76. The Balaban J connectivity index is 2.06. The van der Waals surface area contributed by atoms with Crippen LogP contribution in [0.15, 0.2) is 53.7 Å². The molecule has 0 saturated carbocycles. The number of nitrogens with zero attached hydrogens (tertiary/aromatic N) is 1. The lowest BCUT2D eigenvalue weighted by atomic mass is 10.1. The van der Waals surface area contributed by atoms with Gasteiger partial charge >= 0.3 is 0 Å². The van der Waals surface area contributed by atoms with Crippen LogP contribution in [0.5, 0.6) is 5.75 Å². The van der Waals surface area contributed by atoms with Crippen molar-refractivity contribution in [2.45, 2.75) is 6.61 Å². The van der Waals surface area contributed by atoms with Crippen molar-refractivity contribution >= 4 is 5.71 Å². The van der Waals surface area contributed by atoms with Gasteiger partial charge in [0.25, 0.3) is 0 Å². The highest BCUT2D eigenvalue weighted by Crippen LogP contribution is 2.13. The van der Waals surface area contributed by atoms with E-state index in [1.807, 2.05) is 0 Å². The first-order valence-electron chi connectivity index (χ1n) is 6.41. The van der Waals surface area contributed by atoms with Crippen molar-refractivity contribution in [3.05, 3.63) is 65.5 Å². The Labute approximate surface area is 122 Å². The maximum absolute atomic E-state index is 12.9. The largest absolute Gasteiger partial charge is 0.487 e. The Hall–Kier alpha value is -2.40. The van der Waals surface area contributed by atoms with Crippen LogP contribution in [0.1, 0.15) is 11.1 Å². The molecule has 0 radical (unpaired) electrons. The van der Waals surface area contributed by atoms with Crippen LogP contribution in [0.25, 0.3) is 0 Å². The first-order chi connectivity index (χ1) is 10.2. The molecular weight excluding hydrogens is 273 g/mol. The number of oxime groups is 1. The Morgan fingerprint density at radius 1 is 1.10 bits per heavy atom. The molecule has 2 aromatic carbocycles. The third-order valence-corrected chi connectivity index (χ3v) is 2.86. The molecule has 0 aliphatic carbocycles. The summed E-state index contributed by atoms with van der Waals surface area (Å²) in [7, 11) is 1.44. The summed E-state index contributed by atoms with van der Waals surface area (Å²) < 4.78 is 18.6. The van der Waals surface area contributed by atoms with Gasteiger partial charge in [-0.15, -0.1) is 0 Å². The lowest BCUT2D eigenvalue weighted by molar-refractivity contribution is 0.210. The summed E-state index contributed by atoms with van der Waals surface area (Å²) in [6.45, 7) is 0.185. The smallest absolute Gasteiger partial charge is 0.134 e. The maximum Gasteiger partial charge on any atom is 0.134 e. The molecule has 0 aromatic heterocycles. The third kappa shape index (κ3) is 4.29. The molecule has 0 spiro atoms. The highest BCUT2D eigenvalue weighted by atomic mass is 19.1. The Morgan fingerprint density at radius 2 is 1.76 bits per heavy atom. The normalized spacial score (nSPS) is 11.3. The average molecular weight is 289 g/mol. The number of hydrogen-bond donors (Lipinski definition) is 1. The van der Waals surface area contributed by atoms with Crippen molar-refractivity contribution in [2.75, 3.05) is 13.7 Å². The van der Waals surface area contributed by atoms with Gasteiger partial charge in [0.1, 0.15) is 31.0 Å². The third-order valence-electron chi connectivity index (χ3n) is 2.86. The molecule has 5 heteroatoms. The zero-order valence-electron chi connectivity index (χ0n) is 11.6. The second-order valence-electron chi connectivity index (χ2n) is 4.32. The van der Waals surface area contributed by atoms with E-state index in [9.17, 15) is 4.39 Å². The molecule has 1 N–H and O–H groups in total. The zero-order chi connectivity index (χ0) is 15.1. The Kier molecular flexibility index (Phi) is 5.29. The van der Waals surface area contributed by atoms with Gasteiger partial charge in [0.2, 0.25) is 0 Å². The number of halogens is 1. The summed E-state index contributed by atoms with van der Waals surface area (Å²) in [4.78, 5) is 4.79. The van der Waals surface area contributed by atoms with Crippen LogP contribution in [0, 0.1) is 5.82 Å². The van der Waals surface area contributed by atoms with Crippen molar-refractivity contribution < 1.29 is 19.1 Å². The summed E-state index contributed by atoms with van der Waals surface area (Å²) in [5.41, 5.74) is 2.10. The second kappa shape index (κ2) is 7.40. The molecule has 0 unspecified atom stereocenters. The molecule has 0 atom stereocenters. The molecule has 2 rings (SSSR count). The van der Waals surface area contributed by atoms with E-state index >= 15 is 0 Å². The van der Waals surface area contributed by atoms with Crippen LogP contribution in [0.3, 0.4) is 0 Å². The first-order valence-corrected chi connectivity index (χ1v) is 6.41. The van der Waals surface area contributed by atoms with Crippen molar-refractivity contribution in [3.8, 4) is 5.75 Å². The van der Waals surface area contributed by atoms with E-state index in [1.165, 1.54) is 19.2 Å². The minimum absolute atomic E-state index is 0.00770. The van der Waals surface area contributed by atoms with Gasteiger partial charge < -0.3 is 14.7 Å². The van der Waals surface area contributed by atoms with E-state index in [0.29, 0.717) is 11.5 Å². The molecule has 0 fully saturated rings. The van der Waals surface area contributed by atoms with Gasteiger partial charge in [0.05, 0.1) is 6.61 Å². The van der Waals surface area contributed by atoms with Gasteiger partial charge in [-0.3, -0.25) is 0 Å². The van der Waals surface area contributed by atoms with Crippen LogP contribution in [0.2, 0.25) is 0 Å². The average Bonchev–Trinajstić information content (AvgIpc) is 2.53. The fourth-order valence-electron chi connectivity index (χ4n) is 1.76. The molecule has 4 nitrogen and oxygen atoms in total. The van der Waals surface area contributed by atoms with Gasteiger partial charge in [0, 0.05) is 5.56 Å². The number of ether oxygens (including phenoxy) is 1. The van der Waals surface area contributed by atoms with Gasteiger partial charge in [-0.05, 0) is 42.0 Å². The number of benzene rings is 2. The first kappa shape index (κ1) is 15.0. The van der Waals surface area contributed by atoms with E-state index < -0.39 is 0 Å². The van der Waals surface area contributed by atoms with Crippen LogP contribution < -0.4 is 4.74 Å². The minimum Gasteiger partial charge on any atom is -0.487 e. The summed E-state index contributed by atoms with van der Waals surface area (Å²) in [5, 5.41) is 12.9. The number of aliphatic hydroxyl groups is 1. The van der Waals surface area contributed by atoms with Crippen LogP contribution in [-0.4, -0.2) is 24.5 Å². The number of aliphatic hydroxyl groups excluding tert-OH is 1. The van der Waals surface area contributed by atoms with E-state index in [4.69, 9.17) is 14.7 Å². The molecule has 21 heavy (non-hydrogen) atoms. The second-order valence-corrected chi connectivity index (χ2v) is 4.32. The maximum atomic E-state index is 12.9. The lowest BCUT2D eigenvalue weighted by Crippen LogP contribution is -2.13. The SMILES string of the molecule is CON=C(COc1ccc(CO)cc1)c1ccc(F)cc1. The molecule has 0 aliphatic rings. The lowest BCUT2D eigenvalue weighted by Gasteiger charge is -2.09. The predicted molar refractivity (Wildman–Crippen MR) is 77.8 cm³/mol. The van der Waals surface area contributed by atoms with E-state index in [2.05, 4.69) is 5.16 Å². The summed E-state index contributed by atoms with van der Waals surface area (Å²) in [6, 6.07) is 13.0. The Morgan fingerprint density at radius 3 is 2.33 bits per heavy atom. The van der Waals surface area contributed by atoms with Gasteiger partial charge in [-0.2, -0.15) is 0 Å². The highest BCUT2D eigenvalue weighted by Gasteiger charge is 2.06. The van der Waals surface area contributed by atoms with Crippen LogP contribution >= 0.6 is 0 Å². The number of rotatable bonds is 6. The molecule has 0 amide bonds. The van der Waals surface area contributed by atoms with E-state index in [-0.39, 0.29) is 19.0 Å². The predicted octanol–water partition coefficient (Wildman–Crippen LogP) is 2.75. The van der Waals surface area contributed by atoms with Crippen molar-refractivity contribution in [1.29, 1.82) is 0 Å². The monoisotopic (exact) mass is 289 g/mol. The molecule has 2 aromatic rings.